The normalized spacial score (nSPS) is 30.8. The number of piperidine rings is 1. The number of fused-ring (bicyclic) bond motifs is 2. The maximum atomic E-state index is 14.7. The molecule has 2 aromatic carbocycles. The molecular formula is C33H42ClN2O3-. The van der Waals surface area contributed by atoms with Crippen LogP contribution in [0.2, 0.25) is 0 Å². The van der Waals surface area contributed by atoms with Gasteiger partial charge in [0.2, 0.25) is 5.91 Å². The Morgan fingerprint density at radius 2 is 1.79 bits per heavy atom. The van der Waals surface area contributed by atoms with Crippen molar-refractivity contribution in [1.29, 1.82) is 0 Å². The summed E-state index contributed by atoms with van der Waals surface area (Å²) in [4.78, 5) is 17.0. The van der Waals surface area contributed by atoms with E-state index in [0.717, 1.165) is 63.2 Å². The van der Waals surface area contributed by atoms with Crippen LogP contribution in [0.4, 0.5) is 0 Å². The molecule has 0 aromatic heterocycles. The van der Waals surface area contributed by atoms with E-state index in [1.807, 2.05) is 6.07 Å². The predicted octanol–water partition coefficient (Wildman–Crippen LogP) is 2.83. The van der Waals surface area contributed by atoms with Gasteiger partial charge in [-0.3, -0.25) is 4.79 Å². The van der Waals surface area contributed by atoms with Crippen molar-refractivity contribution in [2.45, 2.75) is 87.7 Å². The summed E-state index contributed by atoms with van der Waals surface area (Å²) in [7, 11) is 0. The number of rotatable bonds is 5. The number of halogens is 1. The zero-order valence-corrected chi connectivity index (χ0v) is 23.7. The van der Waals surface area contributed by atoms with Crippen molar-refractivity contribution in [3.8, 4) is 11.5 Å². The molecule has 5 nitrogen and oxygen atoms in total. The Balaban J connectivity index is 0.00000277. The highest BCUT2D eigenvalue weighted by molar-refractivity contribution is 5.82. The van der Waals surface area contributed by atoms with Crippen molar-refractivity contribution in [3.05, 3.63) is 59.7 Å². The number of nitrogens with one attached hydrogen (secondary N) is 1. The molecule has 0 radical (unpaired) electrons. The van der Waals surface area contributed by atoms with Crippen LogP contribution in [0, 0.1) is 11.8 Å². The molecule has 210 valence electrons. The lowest BCUT2D eigenvalue weighted by molar-refractivity contribution is -0.143. The smallest absolute Gasteiger partial charge is 0.228 e. The first-order chi connectivity index (χ1) is 18.7. The van der Waals surface area contributed by atoms with Gasteiger partial charge in [-0.15, -0.1) is 0 Å². The second-order valence-electron chi connectivity index (χ2n) is 12.5. The van der Waals surface area contributed by atoms with Crippen LogP contribution in [-0.4, -0.2) is 49.2 Å². The highest BCUT2D eigenvalue weighted by atomic mass is 35.5. The summed E-state index contributed by atoms with van der Waals surface area (Å²) in [6, 6.07) is 17.7. The molecule has 39 heavy (non-hydrogen) atoms. The second kappa shape index (κ2) is 11.3. The lowest BCUT2D eigenvalue weighted by Gasteiger charge is -2.48. The molecule has 2 aliphatic carbocycles. The molecule has 3 heterocycles. The molecule has 1 amide bonds. The number of likely N-dealkylation sites (tertiary alicyclic amines) is 1. The maximum Gasteiger partial charge on any atom is 0.228 e. The van der Waals surface area contributed by atoms with Crippen molar-refractivity contribution in [2.75, 3.05) is 26.2 Å². The van der Waals surface area contributed by atoms with E-state index in [4.69, 9.17) is 9.47 Å². The molecule has 4 fully saturated rings. The van der Waals surface area contributed by atoms with Gasteiger partial charge in [-0.2, -0.15) is 0 Å². The number of para-hydroxylation sites is 1. The Bertz CT molecular complexity index is 1150. The summed E-state index contributed by atoms with van der Waals surface area (Å²) < 4.78 is 12.5. The van der Waals surface area contributed by atoms with E-state index < -0.39 is 0 Å². The van der Waals surface area contributed by atoms with Crippen molar-refractivity contribution < 1.29 is 26.7 Å². The summed E-state index contributed by atoms with van der Waals surface area (Å²) in [5.41, 5.74) is 2.40. The van der Waals surface area contributed by atoms with Gasteiger partial charge < -0.3 is 32.1 Å². The summed E-state index contributed by atoms with van der Waals surface area (Å²) in [5, 5.41) is 3.65. The van der Waals surface area contributed by atoms with Gasteiger partial charge in [0.05, 0.1) is 18.6 Å². The van der Waals surface area contributed by atoms with Gasteiger partial charge in [-0.25, -0.2) is 0 Å². The number of carbonyl (C=O) groups is 1. The van der Waals surface area contributed by atoms with Crippen LogP contribution in [0.1, 0.15) is 81.3 Å². The van der Waals surface area contributed by atoms with Crippen LogP contribution in [-0.2, 0) is 10.2 Å². The predicted molar refractivity (Wildman–Crippen MR) is 149 cm³/mol. The van der Waals surface area contributed by atoms with Gasteiger partial charge in [0.25, 0.3) is 0 Å². The fourth-order valence-electron chi connectivity index (χ4n) is 8.08. The molecule has 7 rings (SSSR count). The fourth-order valence-corrected chi connectivity index (χ4v) is 8.08. The molecule has 0 bridgehead atoms. The van der Waals surface area contributed by atoms with Gasteiger partial charge in [-0.1, -0.05) is 61.7 Å². The number of benzene rings is 2. The first kappa shape index (κ1) is 27.0. The highest BCUT2D eigenvalue weighted by Crippen LogP contribution is 2.51. The third-order valence-electron chi connectivity index (χ3n) is 10.3. The number of amides is 1. The first-order valence-electron chi connectivity index (χ1n) is 15.2. The number of hydrogen-bond donors (Lipinski definition) is 1. The number of ether oxygens (including phenoxy) is 2. The summed E-state index contributed by atoms with van der Waals surface area (Å²) >= 11 is 0. The zero-order chi connectivity index (χ0) is 25.5. The average Bonchev–Trinajstić information content (AvgIpc) is 3.71. The largest absolute Gasteiger partial charge is 1.00 e. The van der Waals surface area contributed by atoms with Crippen LogP contribution in [0.3, 0.4) is 0 Å². The highest BCUT2D eigenvalue weighted by Gasteiger charge is 2.53. The van der Waals surface area contributed by atoms with Crippen LogP contribution in [0.5, 0.6) is 11.5 Å². The second-order valence-corrected chi connectivity index (χ2v) is 12.5. The van der Waals surface area contributed by atoms with E-state index in [0.29, 0.717) is 36.5 Å². The molecule has 5 aliphatic rings. The van der Waals surface area contributed by atoms with Crippen LogP contribution in [0.25, 0.3) is 0 Å². The minimum absolute atomic E-state index is 0. The topological polar surface area (TPSA) is 50.8 Å². The molecule has 3 aliphatic heterocycles. The summed E-state index contributed by atoms with van der Waals surface area (Å²) in [6.45, 7) is 3.11. The minimum Gasteiger partial charge on any atom is -1.00 e. The number of nitrogens with zero attached hydrogens (tertiary/aromatic N) is 1. The fraction of sp³-hybridized carbons (Fsp3) is 0.606. The Morgan fingerprint density at radius 3 is 2.59 bits per heavy atom. The molecule has 2 aromatic rings. The van der Waals surface area contributed by atoms with Crippen molar-refractivity contribution >= 4 is 5.91 Å². The van der Waals surface area contributed by atoms with Crippen molar-refractivity contribution in [1.82, 2.24) is 10.2 Å². The quantitative estimate of drug-likeness (QED) is 0.623. The first-order valence-corrected chi connectivity index (χ1v) is 15.2. The third kappa shape index (κ3) is 5.06. The summed E-state index contributed by atoms with van der Waals surface area (Å²) in [6.07, 6.45) is 12.1. The zero-order valence-electron chi connectivity index (χ0n) is 23.0. The van der Waals surface area contributed by atoms with E-state index in [-0.39, 0.29) is 23.7 Å². The standard InChI is InChI=1S/C33H42N2O3.ClH/c36-32(35-18-16-25(23-8-3-1-4-9-23)20-29(35)24-10-5-2-6-11-24)28-21-34-22-33(28)17-19-37-31-27(33)12-7-13-30(31)38-26-14-15-26;/h1,3-4,7-9,12-13,24-26,28-29,34H,2,5-6,10-11,14-22H2;1H/p-1/t25-,28+,29+,33+;/m1./s1. The molecule has 2 saturated carbocycles. The Hall–Kier alpha value is -2.24. The number of hydrogen-bond acceptors (Lipinski definition) is 4. The Morgan fingerprint density at radius 1 is 0.974 bits per heavy atom. The van der Waals surface area contributed by atoms with E-state index >= 15 is 0 Å². The molecule has 1 N–H and O–H groups in total. The SMILES string of the molecule is O=C([C@@H]1CNC[C@]12CCOc1c(OC3CC3)cccc12)N1CC[C@@H](c2ccccc2)C[C@H]1C1CCCCC1.[Cl-]. The molecule has 0 unspecified atom stereocenters. The lowest BCUT2D eigenvalue weighted by Crippen LogP contribution is -3.00. The molecular weight excluding hydrogens is 508 g/mol. The van der Waals surface area contributed by atoms with Crippen molar-refractivity contribution in [2.24, 2.45) is 11.8 Å². The Kier molecular flexibility index (Phi) is 7.83. The monoisotopic (exact) mass is 549 g/mol. The lowest BCUT2D eigenvalue weighted by atomic mass is 9.67. The molecule has 4 atom stereocenters. The van der Waals surface area contributed by atoms with Gasteiger partial charge in [-0.05, 0) is 68.4 Å². The Labute approximate surface area is 239 Å². The van der Waals surface area contributed by atoms with E-state index in [1.165, 1.54) is 43.2 Å². The summed E-state index contributed by atoms with van der Waals surface area (Å²) in [5.74, 6) is 3.25. The maximum absolute atomic E-state index is 14.7. The minimum atomic E-state index is -0.221. The number of carbonyl (C=O) groups excluding carboxylic acids is 1. The van der Waals surface area contributed by atoms with Crippen LogP contribution in [0.15, 0.2) is 48.5 Å². The van der Waals surface area contributed by atoms with Crippen molar-refractivity contribution in [3.63, 3.8) is 0 Å². The van der Waals surface area contributed by atoms with Gasteiger partial charge >= 0.3 is 0 Å². The van der Waals surface area contributed by atoms with Gasteiger partial charge in [0, 0.05) is 36.7 Å². The third-order valence-corrected chi connectivity index (χ3v) is 10.3. The van der Waals surface area contributed by atoms with Gasteiger partial charge in [0.15, 0.2) is 11.5 Å². The average molecular weight is 550 g/mol. The molecule has 1 spiro atoms. The molecule has 6 heteroatoms. The van der Waals surface area contributed by atoms with Crippen LogP contribution >= 0.6 is 0 Å². The van der Waals surface area contributed by atoms with E-state index in [1.54, 1.807) is 0 Å². The van der Waals surface area contributed by atoms with Gasteiger partial charge in [0.1, 0.15) is 0 Å². The van der Waals surface area contributed by atoms with E-state index in [9.17, 15) is 4.79 Å². The van der Waals surface area contributed by atoms with E-state index in [2.05, 4.69) is 52.7 Å². The molecule has 2 saturated heterocycles. The van der Waals surface area contributed by atoms with Crippen LogP contribution < -0.4 is 27.2 Å².